The maximum absolute atomic E-state index is 11.1. The second-order valence-corrected chi connectivity index (χ2v) is 6.81. The van der Waals surface area contributed by atoms with Gasteiger partial charge in [0, 0.05) is 31.9 Å². The van der Waals surface area contributed by atoms with Crippen LogP contribution >= 0.6 is 0 Å². The van der Waals surface area contributed by atoms with Gasteiger partial charge in [-0.05, 0) is 45.4 Å². The van der Waals surface area contributed by atoms with Crippen molar-refractivity contribution in [3.05, 3.63) is 41.7 Å². The van der Waals surface area contributed by atoms with E-state index in [0.717, 1.165) is 37.4 Å². The maximum atomic E-state index is 11.1. The molecule has 0 aromatic carbocycles. The summed E-state index contributed by atoms with van der Waals surface area (Å²) >= 11 is 0. The van der Waals surface area contributed by atoms with Crippen LogP contribution in [0.25, 0.3) is 0 Å². The number of nitrogens with zero attached hydrogens (tertiary/aromatic N) is 5. The van der Waals surface area contributed by atoms with E-state index in [1.54, 1.807) is 6.20 Å². The molecule has 2 aromatic rings. The molecule has 134 valence electrons. The highest BCUT2D eigenvalue weighted by Crippen LogP contribution is 2.31. The molecule has 1 aliphatic rings. The van der Waals surface area contributed by atoms with Gasteiger partial charge in [-0.3, -0.25) is 14.4 Å². The Morgan fingerprint density at radius 2 is 2.20 bits per heavy atom. The number of carbonyl (C=O) groups excluding carboxylic acids is 1. The minimum Gasteiger partial charge on any atom is -0.351 e. The SMILES string of the molecule is CC(=O)NCc1ccnc(C2CCCN2Cc2ccnn2C(C)C)n1. The van der Waals surface area contributed by atoms with Crippen LogP contribution in [0.5, 0.6) is 0 Å². The van der Waals surface area contributed by atoms with Gasteiger partial charge in [0.25, 0.3) is 0 Å². The standard InChI is InChI=1S/C18H26N6O/c1-13(2)24-16(7-9-21-24)12-23-10-4-5-17(23)18-19-8-6-15(22-18)11-20-14(3)25/h6-9,13,17H,4-5,10-12H2,1-3H3,(H,20,25). The fraction of sp³-hybridized carbons (Fsp3) is 0.556. The number of hydrogen-bond donors (Lipinski definition) is 1. The molecule has 0 saturated carbocycles. The van der Waals surface area contributed by atoms with Crippen molar-refractivity contribution in [2.45, 2.75) is 58.8 Å². The number of nitrogens with one attached hydrogen (secondary N) is 1. The van der Waals surface area contributed by atoms with Crippen LogP contribution < -0.4 is 5.32 Å². The van der Waals surface area contributed by atoms with Crippen molar-refractivity contribution in [3.8, 4) is 0 Å². The van der Waals surface area contributed by atoms with Crippen molar-refractivity contribution in [1.29, 1.82) is 0 Å². The van der Waals surface area contributed by atoms with Gasteiger partial charge in [0.15, 0.2) is 0 Å². The van der Waals surface area contributed by atoms with E-state index in [4.69, 9.17) is 0 Å². The lowest BCUT2D eigenvalue weighted by atomic mass is 10.2. The lowest BCUT2D eigenvalue weighted by molar-refractivity contribution is -0.119. The smallest absolute Gasteiger partial charge is 0.217 e. The molecule has 0 aliphatic carbocycles. The molecule has 0 spiro atoms. The molecule has 1 fully saturated rings. The van der Waals surface area contributed by atoms with Crippen LogP contribution in [0.15, 0.2) is 24.5 Å². The van der Waals surface area contributed by atoms with Gasteiger partial charge in [-0.15, -0.1) is 0 Å². The zero-order valence-electron chi connectivity index (χ0n) is 15.1. The first-order valence-electron chi connectivity index (χ1n) is 8.87. The molecule has 1 aliphatic heterocycles. The molecule has 1 saturated heterocycles. The Bertz CT molecular complexity index is 726. The van der Waals surface area contributed by atoms with E-state index in [9.17, 15) is 4.79 Å². The zero-order valence-corrected chi connectivity index (χ0v) is 15.1. The molecule has 3 rings (SSSR count). The fourth-order valence-corrected chi connectivity index (χ4v) is 3.33. The molecule has 7 heteroatoms. The maximum Gasteiger partial charge on any atom is 0.217 e. The average molecular weight is 342 g/mol. The van der Waals surface area contributed by atoms with Gasteiger partial charge in [-0.1, -0.05) is 0 Å². The van der Waals surface area contributed by atoms with E-state index < -0.39 is 0 Å². The van der Waals surface area contributed by atoms with Crippen LogP contribution in [0.2, 0.25) is 0 Å². The van der Waals surface area contributed by atoms with Crippen molar-refractivity contribution in [3.63, 3.8) is 0 Å². The summed E-state index contributed by atoms with van der Waals surface area (Å²) in [4.78, 5) is 22.7. The van der Waals surface area contributed by atoms with Crippen LogP contribution in [-0.4, -0.2) is 37.1 Å². The Morgan fingerprint density at radius 1 is 1.36 bits per heavy atom. The summed E-state index contributed by atoms with van der Waals surface area (Å²) in [6, 6.07) is 4.51. The van der Waals surface area contributed by atoms with Gasteiger partial charge in [0.1, 0.15) is 5.82 Å². The van der Waals surface area contributed by atoms with Crippen molar-refractivity contribution < 1.29 is 4.79 Å². The first-order valence-corrected chi connectivity index (χ1v) is 8.87. The van der Waals surface area contributed by atoms with Crippen LogP contribution in [0.3, 0.4) is 0 Å². The molecular formula is C18H26N6O. The van der Waals surface area contributed by atoms with Gasteiger partial charge < -0.3 is 5.32 Å². The zero-order chi connectivity index (χ0) is 17.8. The third-order valence-corrected chi connectivity index (χ3v) is 4.52. The van der Waals surface area contributed by atoms with Crippen molar-refractivity contribution in [1.82, 2.24) is 30.0 Å². The lowest BCUT2D eigenvalue weighted by Gasteiger charge is -2.24. The summed E-state index contributed by atoms with van der Waals surface area (Å²) in [7, 11) is 0. The minimum atomic E-state index is -0.0513. The van der Waals surface area contributed by atoms with Gasteiger partial charge in [0.05, 0.1) is 24.0 Å². The summed E-state index contributed by atoms with van der Waals surface area (Å²) in [6.07, 6.45) is 5.85. The predicted octanol–water partition coefficient (Wildman–Crippen LogP) is 2.23. The fourth-order valence-electron chi connectivity index (χ4n) is 3.33. The Kier molecular flexibility index (Phi) is 5.43. The number of amides is 1. The average Bonchev–Trinajstić information content (AvgIpc) is 3.23. The normalized spacial score (nSPS) is 18.0. The summed E-state index contributed by atoms with van der Waals surface area (Å²) in [5.74, 6) is 0.792. The third-order valence-electron chi connectivity index (χ3n) is 4.52. The van der Waals surface area contributed by atoms with Crippen LogP contribution in [-0.2, 0) is 17.9 Å². The highest BCUT2D eigenvalue weighted by atomic mass is 16.1. The highest BCUT2D eigenvalue weighted by Gasteiger charge is 2.29. The van der Waals surface area contributed by atoms with Crippen LogP contribution in [0, 0.1) is 0 Å². The molecular weight excluding hydrogens is 316 g/mol. The van der Waals surface area contributed by atoms with E-state index in [1.165, 1.54) is 12.6 Å². The Balaban J connectivity index is 1.74. The topological polar surface area (TPSA) is 75.9 Å². The van der Waals surface area contributed by atoms with Crippen molar-refractivity contribution in [2.75, 3.05) is 6.54 Å². The number of aromatic nitrogens is 4. The summed E-state index contributed by atoms with van der Waals surface area (Å²) in [5, 5.41) is 7.22. The van der Waals surface area contributed by atoms with Gasteiger partial charge in [-0.25, -0.2) is 9.97 Å². The monoisotopic (exact) mass is 342 g/mol. The summed E-state index contributed by atoms with van der Waals surface area (Å²) in [6.45, 7) is 8.13. The van der Waals surface area contributed by atoms with Gasteiger partial charge in [0.2, 0.25) is 5.91 Å². The van der Waals surface area contributed by atoms with E-state index >= 15 is 0 Å². The van der Waals surface area contributed by atoms with Crippen LogP contribution in [0.4, 0.5) is 0 Å². The number of hydrogen-bond acceptors (Lipinski definition) is 5. The first-order chi connectivity index (χ1) is 12.0. The molecule has 1 amide bonds. The Hall–Kier alpha value is -2.28. The van der Waals surface area contributed by atoms with Crippen molar-refractivity contribution >= 4 is 5.91 Å². The largest absolute Gasteiger partial charge is 0.351 e. The molecule has 1 N–H and O–H groups in total. The summed E-state index contributed by atoms with van der Waals surface area (Å²) in [5.41, 5.74) is 2.07. The highest BCUT2D eigenvalue weighted by molar-refractivity contribution is 5.72. The van der Waals surface area contributed by atoms with E-state index in [1.807, 2.05) is 12.3 Å². The van der Waals surface area contributed by atoms with E-state index in [-0.39, 0.29) is 11.9 Å². The van der Waals surface area contributed by atoms with Crippen molar-refractivity contribution in [2.24, 2.45) is 0 Å². The number of carbonyl (C=O) groups is 1. The molecule has 3 heterocycles. The van der Waals surface area contributed by atoms with E-state index in [2.05, 4.69) is 49.9 Å². The molecule has 7 nitrogen and oxygen atoms in total. The Labute approximate surface area is 148 Å². The molecule has 0 bridgehead atoms. The third kappa shape index (κ3) is 4.22. The number of likely N-dealkylation sites (tertiary alicyclic amines) is 1. The van der Waals surface area contributed by atoms with Crippen LogP contribution in [0.1, 0.15) is 62.9 Å². The first kappa shape index (κ1) is 17.5. The molecule has 25 heavy (non-hydrogen) atoms. The molecule has 2 aromatic heterocycles. The summed E-state index contributed by atoms with van der Waals surface area (Å²) < 4.78 is 2.07. The minimum absolute atomic E-state index is 0.0513. The molecule has 0 radical (unpaired) electrons. The molecule has 1 unspecified atom stereocenters. The van der Waals surface area contributed by atoms with E-state index in [0.29, 0.717) is 12.6 Å². The second kappa shape index (κ2) is 7.74. The number of rotatable bonds is 6. The second-order valence-electron chi connectivity index (χ2n) is 6.81. The lowest BCUT2D eigenvalue weighted by Crippen LogP contribution is -2.27. The van der Waals surface area contributed by atoms with Gasteiger partial charge >= 0.3 is 0 Å². The molecule has 1 atom stereocenters. The predicted molar refractivity (Wildman–Crippen MR) is 94.5 cm³/mol. The van der Waals surface area contributed by atoms with Gasteiger partial charge in [-0.2, -0.15) is 5.10 Å². The Morgan fingerprint density at radius 3 is 2.96 bits per heavy atom. The quantitative estimate of drug-likeness (QED) is 0.871.